The van der Waals surface area contributed by atoms with E-state index in [2.05, 4.69) is 5.32 Å². The Hall–Kier alpha value is -3.86. The number of hydrogen-bond donors (Lipinski definition) is 1. The number of halogens is 2. The summed E-state index contributed by atoms with van der Waals surface area (Å²) in [5, 5.41) is 2.06. The quantitative estimate of drug-likeness (QED) is 0.262. The third kappa shape index (κ3) is 5.31. The van der Waals surface area contributed by atoms with Crippen LogP contribution in [0.15, 0.2) is 71.1 Å². The number of nitrogens with zero attached hydrogens (tertiary/aromatic N) is 1. The summed E-state index contributed by atoms with van der Waals surface area (Å²) in [4.78, 5) is 38.7. The zero-order valence-corrected chi connectivity index (χ0v) is 21.6. The highest BCUT2D eigenvalue weighted by atomic mass is 35.5. The Morgan fingerprint density at radius 3 is 2.27 bits per heavy atom. The van der Waals surface area contributed by atoms with Crippen LogP contribution in [0.25, 0.3) is 6.08 Å². The van der Waals surface area contributed by atoms with E-state index >= 15 is 0 Å². The lowest BCUT2D eigenvalue weighted by Crippen LogP contribution is -2.54. The molecule has 37 heavy (non-hydrogen) atoms. The Labute approximate surface area is 222 Å². The van der Waals surface area contributed by atoms with E-state index in [0.29, 0.717) is 0 Å². The van der Waals surface area contributed by atoms with Crippen molar-refractivity contribution in [2.45, 2.75) is 11.8 Å². The Bertz CT molecular complexity index is 1570. The fourth-order valence-electron chi connectivity index (χ4n) is 3.44. The maximum atomic E-state index is 13.1. The van der Waals surface area contributed by atoms with Gasteiger partial charge in [-0.15, -0.1) is 0 Å². The van der Waals surface area contributed by atoms with Gasteiger partial charge in [0.15, 0.2) is 5.75 Å². The van der Waals surface area contributed by atoms with Gasteiger partial charge in [0.1, 0.15) is 10.5 Å². The Morgan fingerprint density at radius 1 is 0.946 bits per heavy atom. The highest BCUT2D eigenvalue weighted by Crippen LogP contribution is 2.39. The number of urea groups is 1. The molecule has 190 valence electrons. The van der Waals surface area contributed by atoms with Crippen molar-refractivity contribution in [2.75, 3.05) is 12.0 Å². The molecule has 3 aromatic rings. The molecule has 0 radical (unpaired) electrons. The lowest BCUT2D eigenvalue weighted by Gasteiger charge is -2.27. The zero-order chi connectivity index (χ0) is 26.9. The molecule has 0 atom stereocenters. The number of carbonyl (C=O) groups is 3. The fraction of sp³-hybridized carbons (Fsp3) is 0.0800. The van der Waals surface area contributed by atoms with Crippen LogP contribution in [0.2, 0.25) is 10.0 Å². The van der Waals surface area contributed by atoms with Crippen molar-refractivity contribution in [2.24, 2.45) is 0 Å². The van der Waals surface area contributed by atoms with Crippen LogP contribution in [0.5, 0.6) is 11.5 Å². The van der Waals surface area contributed by atoms with Crippen molar-refractivity contribution in [1.29, 1.82) is 0 Å². The molecule has 1 aliphatic heterocycles. The minimum Gasteiger partial charge on any atom is -0.493 e. The molecule has 0 saturated carbocycles. The summed E-state index contributed by atoms with van der Waals surface area (Å²) in [5.41, 5.74) is 0.765. The van der Waals surface area contributed by atoms with Gasteiger partial charge in [-0.1, -0.05) is 53.0 Å². The average molecular weight is 561 g/mol. The molecule has 0 aliphatic carbocycles. The van der Waals surface area contributed by atoms with Gasteiger partial charge in [0, 0.05) is 0 Å². The largest absolute Gasteiger partial charge is 0.493 e. The standard InChI is InChI=1S/C25H18Cl2N2O7S/c1-14-7-9-16(10-8-14)37(33,34)36-22-19(27)12-15(13-21(22)35-2)11-17-23(30)28-25(32)29(24(17)31)20-6-4-3-5-18(20)26/h3-13H,1-2H3,(H,28,30,32)/b17-11+. The first-order valence-electron chi connectivity index (χ1n) is 10.6. The molecule has 1 N–H and O–H groups in total. The highest BCUT2D eigenvalue weighted by Gasteiger charge is 2.37. The second-order valence-electron chi connectivity index (χ2n) is 7.79. The average Bonchev–Trinajstić information content (AvgIpc) is 2.84. The van der Waals surface area contributed by atoms with Crippen LogP contribution in [0.4, 0.5) is 10.5 Å². The van der Waals surface area contributed by atoms with Crippen LogP contribution in [0.1, 0.15) is 11.1 Å². The summed E-state index contributed by atoms with van der Waals surface area (Å²) in [5.74, 6) is -2.20. The van der Waals surface area contributed by atoms with Gasteiger partial charge < -0.3 is 8.92 Å². The number of aryl methyl sites for hydroxylation is 1. The van der Waals surface area contributed by atoms with Crippen molar-refractivity contribution >= 4 is 62.9 Å². The number of nitrogens with one attached hydrogen (secondary N) is 1. The predicted molar refractivity (Wildman–Crippen MR) is 137 cm³/mol. The molecule has 0 bridgehead atoms. The summed E-state index contributed by atoms with van der Waals surface area (Å²) in [6, 6.07) is 13.8. The zero-order valence-electron chi connectivity index (χ0n) is 19.3. The second kappa shape index (κ2) is 10.3. The van der Waals surface area contributed by atoms with E-state index in [0.717, 1.165) is 10.5 Å². The van der Waals surface area contributed by atoms with Crippen molar-refractivity contribution < 1.29 is 31.7 Å². The molecule has 12 heteroatoms. The van der Waals surface area contributed by atoms with E-state index < -0.39 is 33.5 Å². The second-order valence-corrected chi connectivity index (χ2v) is 10.2. The Kier molecular flexibility index (Phi) is 7.26. The molecule has 9 nitrogen and oxygen atoms in total. The van der Waals surface area contributed by atoms with E-state index in [1.165, 1.54) is 49.6 Å². The highest BCUT2D eigenvalue weighted by molar-refractivity contribution is 7.87. The number of hydrogen-bond acceptors (Lipinski definition) is 7. The maximum absolute atomic E-state index is 13.1. The number of barbiturate groups is 1. The summed E-state index contributed by atoms with van der Waals surface area (Å²) >= 11 is 12.5. The van der Waals surface area contributed by atoms with Crippen molar-refractivity contribution in [3.05, 3.63) is 87.4 Å². The minimum atomic E-state index is -4.25. The van der Waals surface area contributed by atoms with Gasteiger partial charge in [-0.3, -0.25) is 14.9 Å². The topological polar surface area (TPSA) is 119 Å². The van der Waals surface area contributed by atoms with Crippen LogP contribution < -0.4 is 19.1 Å². The molecule has 1 saturated heterocycles. The first-order valence-corrected chi connectivity index (χ1v) is 12.7. The molecule has 3 aromatic carbocycles. The third-order valence-electron chi connectivity index (χ3n) is 5.26. The molecular formula is C25H18Cl2N2O7S. The molecule has 0 spiro atoms. The number of imide groups is 2. The molecule has 0 unspecified atom stereocenters. The molecule has 1 heterocycles. The van der Waals surface area contributed by atoms with Gasteiger partial charge in [0.2, 0.25) is 5.75 Å². The molecule has 1 aliphatic rings. The van der Waals surface area contributed by atoms with Gasteiger partial charge in [0.05, 0.1) is 22.8 Å². The van der Waals surface area contributed by atoms with Crippen LogP contribution in [0, 0.1) is 6.92 Å². The smallest absolute Gasteiger partial charge is 0.339 e. The molecule has 4 amide bonds. The number of anilines is 1. The third-order valence-corrected chi connectivity index (χ3v) is 7.10. The number of para-hydroxylation sites is 1. The molecule has 0 aromatic heterocycles. The van der Waals surface area contributed by atoms with Crippen molar-refractivity contribution in [1.82, 2.24) is 5.32 Å². The number of ether oxygens (including phenoxy) is 1. The SMILES string of the molecule is COc1cc(/C=C2\C(=O)NC(=O)N(c3ccccc3Cl)C2=O)cc(Cl)c1OS(=O)(=O)c1ccc(C)cc1. The van der Waals surface area contributed by atoms with Gasteiger partial charge in [-0.2, -0.15) is 8.42 Å². The van der Waals surface area contributed by atoms with Crippen molar-refractivity contribution in [3.63, 3.8) is 0 Å². The van der Waals surface area contributed by atoms with Gasteiger partial charge >= 0.3 is 16.1 Å². The first-order chi connectivity index (χ1) is 17.5. The number of amides is 4. The van der Waals surface area contributed by atoms with Gasteiger partial charge in [-0.25, -0.2) is 9.69 Å². The van der Waals surface area contributed by atoms with E-state index in [1.54, 1.807) is 24.3 Å². The minimum absolute atomic E-state index is 0.0715. The fourth-order valence-corrected chi connectivity index (χ4v) is 4.92. The monoisotopic (exact) mass is 560 g/mol. The number of rotatable bonds is 6. The Morgan fingerprint density at radius 2 is 1.62 bits per heavy atom. The maximum Gasteiger partial charge on any atom is 0.339 e. The van der Waals surface area contributed by atoms with Gasteiger partial charge in [0.25, 0.3) is 11.8 Å². The lowest BCUT2D eigenvalue weighted by atomic mass is 10.1. The summed E-state index contributed by atoms with van der Waals surface area (Å²) in [6.07, 6.45) is 1.18. The molecule has 1 fully saturated rings. The summed E-state index contributed by atoms with van der Waals surface area (Å²) in [6.45, 7) is 1.81. The van der Waals surface area contributed by atoms with Crippen LogP contribution in [-0.4, -0.2) is 33.4 Å². The molecule has 4 rings (SSSR count). The lowest BCUT2D eigenvalue weighted by molar-refractivity contribution is -0.122. The molecular weight excluding hydrogens is 543 g/mol. The van der Waals surface area contributed by atoms with E-state index in [1.807, 2.05) is 6.92 Å². The van der Waals surface area contributed by atoms with Crippen molar-refractivity contribution in [3.8, 4) is 11.5 Å². The van der Waals surface area contributed by atoms with Gasteiger partial charge in [-0.05, 0) is 55.0 Å². The van der Waals surface area contributed by atoms with Crippen LogP contribution >= 0.6 is 23.2 Å². The summed E-state index contributed by atoms with van der Waals surface area (Å²) < 4.78 is 36.0. The number of benzene rings is 3. The normalized spacial score (nSPS) is 15.1. The number of carbonyl (C=O) groups excluding carboxylic acids is 3. The van der Waals surface area contributed by atoms with Crippen LogP contribution in [0.3, 0.4) is 0 Å². The number of methoxy groups -OCH3 is 1. The summed E-state index contributed by atoms with van der Waals surface area (Å²) in [7, 11) is -2.98. The van der Waals surface area contributed by atoms with E-state index in [4.69, 9.17) is 32.1 Å². The Balaban J connectivity index is 1.71. The van der Waals surface area contributed by atoms with E-state index in [9.17, 15) is 22.8 Å². The first kappa shape index (κ1) is 26.2. The predicted octanol–water partition coefficient (Wildman–Crippen LogP) is 4.74. The van der Waals surface area contributed by atoms with E-state index in [-0.39, 0.29) is 37.7 Å². The van der Waals surface area contributed by atoms with Crippen LogP contribution in [-0.2, 0) is 19.7 Å².